The number of aryl methyl sites for hydroxylation is 1. The quantitative estimate of drug-likeness (QED) is 0.730. The molecule has 1 aliphatic rings. The molecule has 1 aromatic heterocycles. The highest BCUT2D eigenvalue weighted by Gasteiger charge is 2.22. The van der Waals surface area contributed by atoms with Gasteiger partial charge in [-0.3, -0.25) is 19.1 Å². The second-order valence-corrected chi connectivity index (χ2v) is 5.72. The predicted molar refractivity (Wildman–Crippen MR) is 84.8 cm³/mol. The molecule has 23 heavy (non-hydrogen) atoms. The van der Waals surface area contributed by atoms with Gasteiger partial charge in [-0.2, -0.15) is 5.10 Å². The maximum atomic E-state index is 12.2. The van der Waals surface area contributed by atoms with Crippen LogP contribution in [0.1, 0.15) is 42.6 Å². The minimum absolute atomic E-state index is 0.0231. The van der Waals surface area contributed by atoms with E-state index in [-0.39, 0.29) is 30.0 Å². The molecule has 1 fully saturated rings. The molecule has 0 aliphatic heterocycles. The first kappa shape index (κ1) is 17.0. The van der Waals surface area contributed by atoms with E-state index < -0.39 is 5.91 Å². The van der Waals surface area contributed by atoms with Gasteiger partial charge in [0.1, 0.15) is 5.82 Å². The highest BCUT2D eigenvalue weighted by molar-refractivity contribution is 5.97. The number of amides is 3. The Balaban J connectivity index is 1.95. The van der Waals surface area contributed by atoms with Crippen molar-refractivity contribution < 1.29 is 14.4 Å². The molecule has 0 aromatic carbocycles. The average molecular weight is 321 g/mol. The Hall–Kier alpha value is -2.38. The van der Waals surface area contributed by atoms with Gasteiger partial charge in [-0.15, -0.1) is 0 Å². The highest BCUT2D eigenvalue weighted by Crippen LogP contribution is 2.25. The zero-order chi connectivity index (χ0) is 16.8. The van der Waals surface area contributed by atoms with Crippen molar-refractivity contribution in [2.75, 3.05) is 18.9 Å². The molecule has 0 atom stereocenters. The second-order valence-electron chi connectivity index (χ2n) is 5.72. The lowest BCUT2D eigenvalue weighted by Crippen LogP contribution is -2.35. The molecule has 0 radical (unpaired) electrons. The zero-order valence-corrected chi connectivity index (χ0v) is 13.5. The number of aromatic nitrogens is 2. The maximum Gasteiger partial charge on any atom is 0.272 e. The fourth-order valence-electron chi connectivity index (χ4n) is 2.63. The minimum atomic E-state index is -0.456. The van der Waals surface area contributed by atoms with Crippen molar-refractivity contribution in [3.05, 3.63) is 11.8 Å². The number of nitrogens with zero attached hydrogens (tertiary/aromatic N) is 2. The van der Waals surface area contributed by atoms with Crippen molar-refractivity contribution in [3.63, 3.8) is 0 Å². The van der Waals surface area contributed by atoms with Gasteiger partial charge < -0.3 is 16.0 Å². The van der Waals surface area contributed by atoms with Crippen molar-refractivity contribution in [2.45, 2.75) is 32.1 Å². The van der Waals surface area contributed by atoms with Gasteiger partial charge in [0.25, 0.3) is 5.91 Å². The van der Waals surface area contributed by atoms with Gasteiger partial charge >= 0.3 is 0 Å². The molecule has 8 nitrogen and oxygen atoms in total. The third kappa shape index (κ3) is 4.54. The van der Waals surface area contributed by atoms with Crippen LogP contribution in [0.25, 0.3) is 0 Å². The van der Waals surface area contributed by atoms with Crippen LogP contribution < -0.4 is 16.0 Å². The number of carbonyl (C=O) groups is 3. The first-order chi connectivity index (χ1) is 11.0. The SMILES string of the molecule is CNC(=O)CNC(=O)c1cc(NC(=O)C2CCCCC2)n(C)n1. The number of anilines is 1. The summed E-state index contributed by atoms with van der Waals surface area (Å²) < 4.78 is 1.45. The lowest BCUT2D eigenvalue weighted by molar-refractivity contribution is -0.121. The molecule has 126 valence electrons. The van der Waals surface area contributed by atoms with Crippen LogP contribution in [0.4, 0.5) is 5.82 Å². The number of carbonyl (C=O) groups excluding carboxylic acids is 3. The molecule has 1 aliphatic carbocycles. The number of nitrogens with one attached hydrogen (secondary N) is 3. The summed E-state index contributed by atoms with van der Waals surface area (Å²) in [7, 11) is 3.15. The first-order valence-electron chi connectivity index (χ1n) is 7.85. The van der Waals surface area contributed by atoms with Crippen LogP contribution in [0.15, 0.2) is 6.07 Å². The molecular formula is C15H23N5O3. The molecule has 1 heterocycles. The maximum absolute atomic E-state index is 12.2. The second kappa shape index (κ2) is 7.75. The zero-order valence-electron chi connectivity index (χ0n) is 13.5. The minimum Gasteiger partial charge on any atom is -0.358 e. The molecule has 2 rings (SSSR count). The van der Waals surface area contributed by atoms with Crippen molar-refractivity contribution in [1.29, 1.82) is 0 Å². The van der Waals surface area contributed by atoms with E-state index in [9.17, 15) is 14.4 Å². The molecule has 0 unspecified atom stereocenters. The predicted octanol–water partition coefficient (Wildman–Crippen LogP) is 0.415. The highest BCUT2D eigenvalue weighted by atomic mass is 16.2. The Kier molecular flexibility index (Phi) is 5.72. The van der Waals surface area contributed by atoms with Crippen molar-refractivity contribution in [1.82, 2.24) is 20.4 Å². The Morgan fingerprint density at radius 2 is 1.96 bits per heavy atom. The summed E-state index contributed by atoms with van der Waals surface area (Å²) in [6.45, 7) is -0.115. The molecule has 0 spiro atoms. The van der Waals surface area contributed by atoms with Crippen LogP contribution in [-0.4, -0.2) is 41.1 Å². The van der Waals surface area contributed by atoms with Crippen LogP contribution in [0, 0.1) is 5.92 Å². The van der Waals surface area contributed by atoms with E-state index in [2.05, 4.69) is 21.0 Å². The van der Waals surface area contributed by atoms with Gasteiger partial charge in [-0.05, 0) is 12.8 Å². The third-order valence-electron chi connectivity index (χ3n) is 4.03. The lowest BCUT2D eigenvalue weighted by atomic mass is 9.89. The number of hydrogen-bond acceptors (Lipinski definition) is 4. The molecule has 8 heteroatoms. The molecule has 3 amide bonds. The van der Waals surface area contributed by atoms with Gasteiger partial charge in [0.05, 0.1) is 6.54 Å². The van der Waals surface area contributed by atoms with Gasteiger partial charge in [0.2, 0.25) is 11.8 Å². The molecule has 0 saturated heterocycles. The summed E-state index contributed by atoms with van der Waals surface area (Å²) in [5, 5.41) is 11.8. The summed E-state index contributed by atoms with van der Waals surface area (Å²) in [6, 6.07) is 1.51. The summed E-state index contributed by atoms with van der Waals surface area (Å²) in [4.78, 5) is 35.3. The molecule has 0 bridgehead atoms. The van der Waals surface area contributed by atoms with E-state index in [0.29, 0.717) is 5.82 Å². The van der Waals surface area contributed by atoms with E-state index in [1.807, 2.05) is 0 Å². The topological polar surface area (TPSA) is 105 Å². The molecule has 3 N–H and O–H groups in total. The van der Waals surface area contributed by atoms with Gasteiger partial charge in [-0.25, -0.2) is 0 Å². The van der Waals surface area contributed by atoms with Crippen molar-refractivity contribution >= 4 is 23.5 Å². The van der Waals surface area contributed by atoms with E-state index >= 15 is 0 Å². The van der Waals surface area contributed by atoms with Crippen LogP contribution >= 0.6 is 0 Å². The Labute approximate surface area is 135 Å². The molecule has 1 saturated carbocycles. The third-order valence-corrected chi connectivity index (χ3v) is 4.03. The van der Waals surface area contributed by atoms with Gasteiger partial charge in [-0.1, -0.05) is 19.3 Å². The van der Waals surface area contributed by atoms with E-state index in [4.69, 9.17) is 0 Å². The Morgan fingerprint density at radius 1 is 1.26 bits per heavy atom. The number of likely N-dealkylation sites (N-methyl/N-ethyl adjacent to an activating group) is 1. The number of rotatable bonds is 5. The summed E-state index contributed by atoms with van der Waals surface area (Å²) in [5.74, 6) is -0.262. The largest absolute Gasteiger partial charge is 0.358 e. The Bertz CT molecular complexity index is 590. The van der Waals surface area contributed by atoms with E-state index in [1.54, 1.807) is 7.05 Å². The summed E-state index contributed by atoms with van der Waals surface area (Å²) in [5.41, 5.74) is 0.162. The van der Waals surface area contributed by atoms with Crippen LogP contribution in [-0.2, 0) is 16.6 Å². The van der Waals surface area contributed by atoms with E-state index in [1.165, 1.54) is 24.2 Å². The smallest absolute Gasteiger partial charge is 0.272 e. The van der Waals surface area contributed by atoms with Crippen LogP contribution in [0.2, 0.25) is 0 Å². The standard InChI is InChI=1S/C15H23N5O3/c1-16-13(21)9-17-15(23)11-8-12(20(2)19-11)18-14(22)10-6-4-3-5-7-10/h8,10H,3-7,9H2,1-2H3,(H,16,21)(H,17,23)(H,18,22). The normalized spacial score (nSPS) is 15.0. The fourth-order valence-corrected chi connectivity index (χ4v) is 2.63. The summed E-state index contributed by atoms with van der Waals surface area (Å²) >= 11 is 0. The van der Waals surface area contributed by atoms with Crippen LogP contribution in [0.5, 0.6) is 0 Å². The Morgan fingerprint density at radius 3 is 2.61 bits per heavy atom. The average Bonchev–Trinajstić information content (AvgIpc) is 2.93. The van der Waals surface area contributed by atoms with Crippen LogP contribution in [0.3, 0.4) is 0 Å². The number of hydrogen-bond donors (Lipinski definition) is 3. The summed E-state index contributed by atoms with van der Waals surface area (Å²) in [6.07, 6.45) is 5.16. The lowest BCUT2D eigenvalue weighted by Gasteiger charge is -2.20. The fraction of sp³-hybridized carbons (Fsp3) is 0.600. The monoisotopic (exact) mass is 321 g/mol. The first-order valence-corrected chi connectivity index (χ1v) is 7.85. The molecule has 1 aromatic rings. The van der Waals surface area contributed by atoms with Crippen molar-refractivity contribution in [3.8, 4) is 0 Å². The van der Waals surface area contributed by atoms with Gasteiger partial charge in [0.15, 0.2) is 5.69 Å². The molecular weight excluding hydrogens is 298 g/mol. The van der Waals surface area contributed by atoms with E-state index in [0.717, 1.165) is 25.7 Å². The van der Waals surface area contributed by atoms with Gasteiger partial charge in [0, 0.05) is 26.1 Å². The van der Waals surface area contributed by atoms with Crippen molar-refractivity contribution in [2.24, 2.45) is 13.0 Å².